The van der Waals surface area contributed by atoms with E-state index in [1.54, 1.807) is 6.08 Å². The van der Waals surface area contributed by atoms with Crippen molar-refractivity contribution >= 4 is 18.0 Å². The first-order chi connectivity index (χ1) is 10.8. The second kappa shape index (κ2) is 6.46. The molecule has 0 spiro atoms. The van der Waals surface area contributed by atoms with Crippen LogP contribution in [0.2, 0.25) is 0 Å². The molecule has 1 aromatic heterocycles. The highest BCUT2D eigenvalue weighted by molar-refractivity contribution is 5.67. The predicted octanol–water partition coefficient (Wildman–Crippen LogP) is 2.68. The summed E-state index contributed by atoms with van der Waals surface area (Å²) in [6.07, 6.45) is 4.92. The minimum Gasteiger partial charge on any atom is -0.420 e. The Balaban J connectivity index is 1.82. The molecule has 0 aliphatic carbocycles. The number of aliphatic hydroxyl groups excluding tert-OH is 1. The molecule has 1 saturated heterocycles. The van der Waals surface area contributed by atoms with Crippen LogP contribution in [0.15, 0.2) is 34.7 Å². The number of nitriles is 1. The van der Waals surface area contributed by atoms with Crippen molar-refractivity contribution in [1.82, 2.24) is 4.98 Å². The van der Waals surface area contributed by atoms with E-state index in [1.165, 1.54) is 0 Å². The van der Waals surface area contributed by atoms with Gasteiger partial charge in [0, 0.05) is 19.2 Å². The fraction of sp³-hybridized carbons (Fsp3) is 0.294. The lowest BCUT2D eigenvalue weighted by atomic mass is 10.1. The van der Waals surface area contributed by atoms with Crippen molar-refractivity contribution in [3.8, 4) is 6.07 Å². The Morgan fingerprint density at radius 2 is 2.14 bits per heavy atom. The van der Waals surface area contributed by atoms with Crippen molar-refractivity contribution in [2.75, 3.05) is 18.0 Å². The highest BCUT2D eigenvalue weighted by Crippen LogP contribution is 2.26. The number of anilines is 1. The molecule has 22 heavy (non-hydrogen) atoms. The quantitative estimate of drug-likeness (QED) is 0.942. The molecular formula is C17H17N3O2. The lowest BCUT2D eigenvalue weighted by Gasteiger charge is -2.29. The molecule has 1 aromatic carbocycles. The van der Waals surface area contributed by atoms with E-state index in [1.807, 2.05) is 41.3 Å². The zero-order valence-corrected chi connectivity index (χ0v) is 12.1. The van der Waals surface area contributed by atoms with Gasteiger partial charge in [-0.05, 0) is 24.5 Å². The van der Waals surface area contributed by atoms with Crippen molar-refractivity contribution in [3.63, 3.8) is 0 Å². The third kappa shape index (κ3) is 3.18. The number of aromatic nitrogens is 1. The fourth-order valence-corrected chi connectivity index (χ4v) is 2.56. The summed E-state index contributed by atoms with van der Waals surface area (Å²) in [4.78, 5) is 6.09. The maximum atomic E-state index is 9.76. The van der Waals surface area contributed by atoms with Crippen LogP contribution in [0.5, 0.6) is 0 Å². The lowest BCUT2D eigenvalue weighted by Crippen LogP contribution is -2.38. The SMILES string of the molecule is N#Cc1nc(/C=C/c2ccccc2)oc1N1CCCC(O)C1. The largest absolute Gasteiger partial charge is 0.420 e. The summed E-state index contributed by atoms with van der Waals surface area (Å²) in [5, 5.41) is 19.0. The maximum Gasteiger partial charge on any atom is 0.235 e. The highest BCUT2D eigenvalue weighted by Gasteiger charge is 2.24. The van der Waals surface area contributed by atoms with E-state index in [0.717, 1.165) is 24.9 Å². The van der Waals surface area contributed by atoms with Gasteiger partial charge in [0.05, 0.1) is 6.10 Å². The Labute approximate surface area is 129 Å². The molecule has 1 N–H and O–H groups in total. The van der Waals surface area contributed by atoms with Crippen LogP contribution < -0.4 is 4.90 Å². The Bertz CT molecular complexity index is 700. The maximum absolute atomic E-state index is 9.76. The summed E-state index contributed by atoms with van der Waals surface area (Å²) in [5.41, 5.74) is 1.30. The topological polar surface area (TPSA) is 73.3 Å². The van der Waals surface area contributed by atoms with E-state index in [2.05, 4.69) is 11.1 Å². The normalized spacial score (nSPS) is 18.5. The third-order valence-electron chi connectivity index (χ3n) is 3.63. The molecule has 0 saturated carbocycles. The van der Waals surface area contributed by atoms with Gasteiger partial charge in [-0.25, -0.2) is 0 Å². The number of β-amino-alcohol motifs (C(OH)–C–C–N with tert-alkyl or cyclic N) is 1. The van der Waals surface area contributed by atoms with E-state index >= 15 is 0 Å². The van der Waals surface area contributed by atoms with Crippen LogP contribution in [-0.2, 0) is 0 Å². The van der Waals surface area contributed by atoms with Gasteiger partial charge in [0.25, 0.3) is 0 Å². The standard InChI is InChI=1S/C17H17N3O2/c18-11-15-17(20-10-4-7-14(21)12-20)22-16(19-15)9-8-13-5-2-1-3-6-13/h1-3,5-6,8-9,14,21H,4,7,10,12H2/b9-8+. The fourth-order valence-electron chi connectivity index (χ4n) is 2.56. The lowest BCUT2D eigenvalue weighted by molar-refractivity contribution is 0.152. The van der Waals surface area contributed by atoms with Crippen LogP contribution in [-0.4, -0.2) is 29.3 Å². The first kappa shape index (κ1) is 14.4. The van der Waals surface area contributed by atoms with E-state index in [-0.39, 0.29) is 11.8 Å². The number of rotatable bonds is 3. The molecule has 0 radical (unpaired) electrons. The molecular weight excluding hydrogens is 278 g/mol. The molecule has 1 atom stereocenters. The predicted molar refractivity (Wildman–Crippen MR) is 84.0 cm³/mol. The molecule has 1 aliphatic heterocycles. The smallest absolute Gasteiger partial charge is 0.235 e. The first-order valence-electron chi connectivity index (χ1n) is 7.33. The molecule has 2 aromatic rings. The van der Waals surface area contributed by atoms with E-state index in [9.17, 15) is 10.4 Å². The summed E-state index contributed by atoms with van der Waals surface area (Å²) in [6.45, 7) is 1.24. The Kier molecular flexibility index (Phi) is 4.22. The van der Waals surface area contributed by atoms with Crippen molar-refractivity contribution in [3.05, 3.63) is 47.5 Å². The van der Waals surface area contributed by atoms with Gasteiger partial charge in [-0.1, -0.05) is 30.3 Å². The molecule has 3 rings (SSSR count). The zero-order chi connectivity index (χ0) is 15.4. The second-order valence-corrected chi connectivity index (χ2v) is 5.30. The van der Waals surface area contributed by atoms with Crippen molar-refractivity contribution < 1.29 is 9.52 Å². The number of hydrogen-bond donors (Lipinski definition) is 1. The third-order valence-corrected chi connectivity index (χ3v) is 3.63. The monoisotopic (exact) mass is 295 g/mol. The number of benzene rings is 1. The van der Waals surface area contributed by atoms with Crippen LogP contribution in [0.3, 0.4) is 0 Å². The highest BCUT2D eigenvalue weighted by atomic mass is 16.4. The second-order valence-electron chi connectivity index (χ2n) is 5.30. The Morgan fingerprint density at radius 1 is 1.32 bits per heavy atom. The summed E-state index contributed by atoms with van der Waals surface area (Å²) < 4.78 is 5.71. The average Bonchev–Trinajstić information content (AvgIpc) is 2.97. The molecule has 5 nitrogen and oxygen atoms in total. The van der Waals surface area contributed by atoms with Crippen LogP contribution in [0.25, 0.3) is 12.2 Å². The molecule has 1 unspecified atom stereocenters. The number of aliphatic hydroxyl groups is 1. The van der Waals surface area contributed by atoms with Crippen LogP contribution in [0.4, 0.5) is 5.88 Å². The summed E-state index contributed by atoms with van der Waals surface area (Å²) in [5.74, 6) is 0.851. The number of piperidine rings is 1. The number of oxazole rings is 1. The molecule has 0 bridgehead atoms. The average molecular weight is 295 g/mol. The van der Waals surface area contributed by atoms with Crippen LogP contribution in [0, 0.1) is 11.3 Å². The van der Waals surface area contributed by atoms with Crippen LogP contribution in [0.1, 0.15) is 30.0 Å². The molecule has 0 amide bonds. The van der Waals surface area contributed by atoms with E-state index in [0.29, 0.717) is 18.3 Å². The van der Waals surface area contributed by atoms with Crippen molar-refractivity contribution in [1.29, 1.82) is 5.26 Å². The van der Waals surface area contributed by atoms with Gasteiger partial charge in [-0.3, -0.25) is 0 Å². The molecule has 5 heteroatoms. The van der Waals surface area contributed by atoms with E-state index < -0.39 is 0 Å². The molecule has 1 aliphatic rings. The zero-order valence-electron chi connectivity index (χ0n) is 12.1. The van der Waals surface area contributed by atoms with Gasteiger partial charge >= 0.3 is 0 Å². The van der Waals surface area contributed by atoms with Gasteiger partial charge in [-0.15, -0.1) is 0 Å². The van der Waals surface area contributed by atoms with Crippen molar-refractivity contribution in [2.45, 2.75) is 18.9 Å². The minimum absolute atomic E-state index is 0.266. The van der Waals surface area contributed by atoms with Crippen LogP contribution >= 0.6 is 0 Å². The van der Waals surface area contributed by atoms with Gasteiger partial charge in [0.15, 0.2) is 0 Å². The number of hydrogen-bond acceptors (Lipinski definition) is 5. The summed E-state index contributed by atoms with van der Waals surface area (Å²) in [7, 11) is 0. The van der Waals surface area contributed by atoms with Gasteiger partial charge in [0.1, 0.15) is 6.07 Å². The molecule has 1 fully saturated rings. The molecule has 2 heterocycles. The van der Waals surface area contributed by atoms with Gasteiger partial charge in [0.2, 0.25) is 17.5 Å². The van der Waals surface area contributed by atoms with Gasteiger partial charge < -0.3 is 14.4 Å². The number of nitrogens with zero attached hydrogens (tertiary/aromatic N) is 3. The van der Waals surface area contributed by atoms with Gasteiger partial charge in [-0.2, -0.15) is 10.2 Å². The Hall–Kier alpha value is -2.58. The molecule has 112 valence electrons. The summed E-state index contributed by atoms with van der Waals surface area (Å²) in [6, 6.07) is 11.9. The Morgan fingerprint density at radius 3 is 2.86 bits per heavy atom. The van der Waals surface area contributed by atoms with E-state index in [4.69, 9.17) is 4.42 Å². The van der Waals surface area contributed by atoms with Crippen molar-refractivity contribution in [2.24, 2.45) is 0 Å². The first-order valence-corrected chi connectivity index (χ1v) is 7.33. The minimum atomic E-state index is -0.381. The summed E-state index contributed by atoms with van der Waals surface area (Å²) >= 11 is 0.